The number of carbonyl (C=O) groups is 1. The summed E-state index contributed by atoms with van der Waals surface area (Å²) >= 11 is 3.38. The number of amides is 1. The van der Waals surface area contributed by atoms with Crippen LogP contribution in [0.4, 0.5) is 0 Å². The Labute approximate surface area is 149 Å². The lowest BCUT2D eigenvalue weighted by Crippen LogP contribution is -2.26. The zero-order valence-corrected chi connectivity index (χ0v) is 15.0. The first-order chi connectivity index (χ1) is 11.7. The van der Waals surface area contributed by atoms with Gasteiger partial charge in [0.1, 0.15) is 18.1 Å². The number of ether oxygens (including phenoxy) is 1. The lowest BCUT2D eigenvalue weighted by molar-refractivity contribution is 0.0920. The molecule has 1 aromatic carbocycles. The molecule has 2 aromatic rings. The predicted molar refractivity (Wildman–Crippen MR) is 95.1 cm³/mol. The van der Waals surface area contributed by atoms with Crippen LogP contribution in [0.3, 0.4) is 0 Å². The van der Waals surface area contributed by atoms with E-state index in [4.69, 9.17) is 9.15 Å². The van der Waals surface area contributed by atoms with Crippen LogP contribution in [-0.4, -0.2) is 25.5 Å². The summed E-state index contributed by atoms with van der Waals surface area (Å²) in [6.07, 6.45) is 2.19. The fourth-order valence-corrected chi connectivity index (χ4v) is 2.96. The van der Waals surface area contributed by atoms with E-state index < -0.39 is 0 Å². The second kappa shape index (κ2) is 8.35. The molecule has 3 rings (SSSR count). The predicted octanol–water partition coefficient (Wildman–Crippen LogP) is 3.35. The number of nitrogens with one attached hydrogen (secondary N) is 2. The molecule has 1 aliphatic rings. The highest BCUT2D eigenvalue weighted by atomic mass is 79.9. The molecule has 24 heavy (non-hydrogen) atoms. The van der Waals surface area contributed by atoms with Crippen LogP contribution in [0.25, 0.3) is 0 Å². The van der Waals surface area contributed by atoms with Gasteiger partial charge in [-0.25, -0.2) is 0 Å². The maximum Gasteiger partial charge on any atom is 0.286 e. The Balaban J connectivity index is 1.43. The summed E-state index contributed by atoms with van der Waals surface area (Å²) in [6, 6.07) is 11.0. The Kier molecular flexibility index (Phi) is 5.93. The molecule has 128 valence electrons. The number of rotatable bonds is 7. The summed E-state index contributed by atoms with van der Waals surface area (Å²) in [4.78, 5) is 12.1. The van der Waals surface area contributed by atoms with E-state index in [1.54, 1.807) is 12.1 Å². The first-order valence-corrected chi connectivity index (χ1v) is 8.96. The number of carbonyl (C=O) groups excluding carboxylic acids is 1. The minimum atomic E-state index is -0.171. The zero-order valence-electron chi connectivity index (χ0n) is 13.4. The van der Waals surface area contributed by atoms with Gasteiger partial charge in [0.05, 0.1) is 0 Å². The highest BCUT2D eigenvalue weighted by Gasteiger charge is 2.15. The van der Waals surface area contributed by atoms with Crippen molar-refractivity contribution in [3.05, 3.63) is 52.4 Å². The molecule has 0 saturated carbocycles. The van der Waals surface area contributed by atoms with Crippen LogP contribution < -0.4 is 15.4 Å². The van der Waals surface area contributed by atoms with Crippen molar-refractivity contribution in [1.29, 1.82) is 0 Å². The van der Waals surface area contributed by atoms with Crippen molar-refractivity contribution in [2.24, 2.45) is 5.92 Å². The van der Waals surface area contributed by atoms with Crippen molar-refractivity contribution < 1.29 is 13.9 Å². The number of hydrogen-bond acceptors (Lipinski definition) is 4. The molecular weight excluding hydrogens is 372 g/mol. The van der Waals surface area contributed by atoms with Gasteiger partial charge in [0.15, 0.2) is 5.76 Å². The first kappa shape index (κ1) is 17.0. The maximum absolute atomic E-state index is 12.1. The molecule has 0 bridgehead atoms. The van der Waals surface area contributed by atoms with Gasteiger partial charge in [-0.2, -0.15) is 0 Å². The van der Waals surface area contributed by atoms with Gasteiger partial charge in [-0.1, -0.05) is 15.9 Å². The number of hydrogen-bond donors (Lipinski definition) is 2. The quantitative estimate of drug-likeness (QED) is 0.758. The molecule has 1 fully saturated rings. The highest BCUT2D eigenvalue weighted by molar-refractivity contribution is 9.10. The molecule has 1 saturated heterocycles. The van der Waals surface area contributed by atoms with Crippen LogP contribution in [0.2, 0.25) is 0 Å². The Hall–Kier alpha value is -1.79. The van der Waals surface area contributed by atoms with Gasteiger partial charge in [-0.3, -0.25) is 4.79 Å². The van der Waals surface area contributed by atoms with E-state index in [0.717, 1.165) is 29.7 Å². The molecule has 1 unspecified atom stereocenters. The third-order valence-electron chi connectivity index (χ3n) is 4.08. The van der Waals surface area contributed by atoms with E-state index in [9.17, 15) is 4.79 Å². The van der Waals surface area contributed by atoms with Crippen molar-refractivity contribution in [2.45, 2.75) is 19.4 Å². The minimum absolute atomic E-state index is 0.171. The van der Waals surface area contributed by atoms with E-state index in [-0.39, 0.29) is 5.91 Å². The average molecular weight is 393 g/mol. The molecule has 2 heterocycles. The largest absolute Gasteiger partial charge is 0.486 e. The van der Waals surface area contributed by atoms with E-state index >= 15 is 0 Å². The van der Waals surface area contributed by atoms with Crippen LogP contribution in [0.5, 0.6) is 5.75 Å². The molecule has 0 aliphatic carbocycles. The Morgan fingerprint density at radius 2 is 2.12 bits per heavy atom. The molecule has 1 amide bonds. The number of halogens is 1. The monoisotopic (exact) mass is 392 g/mol. The van der Waals surface area contributed by atoms with Crippen LogP contribution in [-0.2, 0) is 6.61 Å². The second-order valence-corrected chi connectivity index (χ2v) is 6.83. The standard InChI is InChI=1S/C18H21BrN2O3/c19-14-1-3-15(4-2-14)23-12-16-5-6-17(24-16)18(22)21-10-8-13-7-9-20-11-13/h1-6,13,20H,7-12H2,(H,21,22). The van der Waals surface area contributed by atoms with E-state index in [2.05, 4.69) is 26.6 Å². The van der Waals surface area contributed by atoms with Gasteiger partial charge in [0, 0.05) is 11.0 Å². The van der Waals surface area contributed by atoms with Gasteiger partial charge < -0.3 is 19.8 Å². The third kappa shape index (κ3) is 4.85. The summed E-state index contributed by atoms with van der Waals surface area (Å²) in [5.41, 5.74) is 0. The van der Waals surface area contributed by atoms with E-state index in [1.807, 2.05) is 24.3 Å². The zero-order chi connectivity index (χ0) is 16.8. The number of benzene rings is 1. The van der Waals surface area contributed by atoms with E-state index in [0.29, 0.717) is 30.6 Å². The van der Waals surface area contributed by atoms with Crippen molar-refractivity contribution in [3.63, 3.8) is 0 Å². The maximum atomic E-state index is 12.1. The molecule has 1 aliphatic heterocycles. The molecule has 6 heteroatoms. The van der Waals surface area contributed by atoms with Crippen molar-refractivity contribution in [2.75, 3.05) is 19.6 Å². The average Bonchev–Trinajstić information content (AvgIpc) is 3.26. The molecule has 0 radical (unpaired) electrons. The summed E-state index contributed by atoms with van der Waals surface area (Å²) in [5, 5.41) is 6.24. The topological polar surface area (TPSA) is 63.5 Å². The lowest BCUT2D eigenvalue weighted by Gasteiger charge is -2.08. The minimum Gasteiger partial charge on any atom is -0.486 e. The highest BCUT2D eigenvalue weighted by Crippen LogP contribution is 2.18. The Morgan fingerprint density at radius 1 is 1.29 bits per heavy atom. The smallest absolute Gasteiger partial charge is 0.286 e. The van der Waals surface area contributed by atoms with Gasteiger partial charge in [0.25, 0.3) is 5.91 Å². The molecular formula is C18H21BrN2O3. The van der Waals surface area contributed by atoms with Crippen molar-refractivity contribution in [3.8, 4) is 5.75 Å². The third-order valence-corrected chi connectivity index (χ3v) is 4.61. The van der Waals surface area contributed by atoms with E-state index in [1.165, 1.54) is 6.42 Å². The Bertz CT molecular complexity index is 663. The Morgan fingerprint density at radius 3 is 2.88 bits per heavy atom. The van der Waals surface area contributed by atoms with Gasteiger partial charge in [-0.15, -0.1) is 0 Å². The molecule has 1 aromatic heterocycles. The van der Waals surface area contributed by atoms with Crippen LogP contribution in [0.1, 0.15) is 29.2 Å². The van der Waals surface area contributed by atoms with Gasteiger partial charge in [-0.05, 0) is 68.2 Å². The summed E-state index contributed by atoms with van der Waals surface area (Å²) < 4.78 is 12.2. The molecule has 2 N–H and O–H groups in total. The lowest BCUT2D eigenvalue weighted by atomic mass is 10.1. The van der Waals surface area contributed by atoms with Gasteiger partial charge >= 0.3 is 0 Å². The fraction of sp³-hybridized carbons (Fsp3) is 0.389. The number of furan rings is 1. The summed E-state index contributed by atoms with van der Waals surface area (Å²) in [6.45, 7) is 3.10. The molecule has 5 nitrogen and oxygen atoms in total. The molecule has 0 spiro atoms. The fourth-order valence-electron chi connectivity index (χ4n) is 2.70. The van der Waals surface area contributed by atoms with Crippen molar-refractivity contribution >= 4 is 21.8 Å². The first-order valence-electron chi connectivity index (χ1n) is 8.17. The second-order valence-electron chi connectivity index (χ2n) is 5.91. The molecule has 1 atom stereocenters. The van der Waals surface area contributed by atoms with Gasteiger partial charge in [0.2, 0.25) is 0 Å². The van der Waals surface area contributed by atoms with Crippen LogP contribution >= 0.6 is 15.9 Å². The summed E-state index contributed by atoms with van der Waals surface area (Å²) in [5.74, 6) is 2.20. The van der Waals surface area contributed by atoms with Crippen LogP contribution in [0.15, 0.2) is 45.3 Å². The summed E-state index contributed by atoms with van der Waals surface area (Å²) in [7, 11) is 0. The SMILES string of the molecule is O=C(NCCC1CCNC1)c1ccc(COc2ccc(Br)cc2)o1. The normalized spacial score (nSPS) is 17.0. The van der Waals surface area contributed by atoms with Crippen LogP contribution in [0, 0.1) is 5.92 Å². The van der Waals surface area contributed by atoms with Crippen molar-refractivity contribution in [1.82, 2.24) is 10.6 Å².